The smallest absolute Gasteiger partial charge is 0.202 e. The first kappa shape index (κ1) is 8.58. The Balaban J connectivity index is 1.69. The Morgan fingerprint density at radius 1 is 1.64 bits per heavy atom. The molecule has 5 nitrogen and oxygen atoms in total. The van der Waals surface area contributed by atoms with Gasteiger partial charge in [0, 0.05) is 30.1 Å². The minimum Gasteiger partial charge on any atom is -0.376 e. The van der Waals surface area contributed by atoms with Crippen LogP contribution in [-0.2, 0) is 4.74 Å². The molecule has 1 aromatic heterocycles. The molecule has 3 N–H and O–H groups in total. The molecule has 76 valence electrons. The highest BCUT2D eigenvalue weighted by Crippen LogP contribution is 2.39. The predicted octanol–water partition coefficient (Wildman–Crippen LogP) is 0.0646. The van der Waals surface area contributed by atoms with Gasteiger partial charge in [-0.15, -0.1) is 0 Å². The fourth-order valence-electron chi connectivity index (χ4n) is 2.31. The van der Waals surface area contributed by atoms with Crippen LogP contribution in [0.5, 0.6) is 0 Å². The summed E-state index contributed by atoms with van der Waals surface area (Å²) in [5.74, 6) is 0.542. The Morgan fingerprint density at radius 3 is 3.36 bits per heavy atom. The number of aromatic nitrogens is 2. The summed E-state index contributed by atoms with van der Waals surface area (Å²) in [5.41, 5.74) is 6.04. The van der Waals surface area contributed by atoms with E-state index in [4.69, 9.17) is 10.5 Å². The normalized spacial score (nSPS) is 40.4. The van der Waals surface area contributed by atoms with E-state index in [0.717, 1.165) is 18.2 Å². The number of hydrogen-bond donors (Lipinski definition) is 2. The van der Waals surface area contributed by atoms with Crippen molar-refractivity contribution in [2.24, 2.45) is 11.7 Å². The molecule has 2 heterocycles. The zero-order valence-electron chi connectivity index (χ0n) is 7.59. The van der Waals surface area contributed by atoms with Crippen molar-refractivity contribution in [3.63, 3.8) is 0 Å². The number of ether oxygens (including phenoxy) is 1. The Bertz CT molecular complexity index is 317. The van der Waals surface area contributed by atoms with Crippen molar-refractivity contribution in [3.8, 4) is 0 Å². The molecule has 2 aliphatic rings. The minimum absolute atomic E-state index is 0.200. The van der Waals surface area contributed by atoms with Crippen LogP contribution in [0.1, 0.15) is 6.42 Å². The molecule has 1 saturated heterocycles. The van der Waals surface area contributed by atoms with E-state index in [2.05, 4.69) is 14.7 Å². The van der Waals surface area contributed by atoms with Crippen molar-refractivity contribution < 1.29 is 4.74 Å². The highest BCUT2D eigenvalue weighted by atomic mass is 32.1. The van der Waals surface area contributed by atoms with Gasteiger partial charge in [0.1, 0.15) is 6.33 Å². The lowest BCUT2D eigenvalue weighted by Gasteiger charge is -2.45. The molecular formula is C8H12N4OS. The van der Waals surface area contributed by atoms with E-state index >= 15 is 0 Å². The van der Waals surface area contributed by atoms with Gasteiger partial charge in [-0.25, -0.2) is 4.98 Å². The van der Waals surface area contributed by atoms with Crippen LogP contribution in [0.2, 0.25) is 0 Å². The van der Waals surface area contributed by atoms with Gasteiger partial charge in [0.15, 0.2) is 0 Å². The molecule has 4 atom stereocenters. The molecule has 1 aliphatic heterocycles. The first-order valence-corrected chi connectivity index (χ1v) is 5.54. The zero-order chi connectivity index (χ0) is 9.54. The molecular weight excluding hydrogens is 200 g/mol. The lowest BCUT2D eigenvalue weighted by molar-refractivity contribution is 0.00537. The zero-order valence-corrected chi connectivity index (χ0v) is 8.41. The summed E-state index contributed by atoms with van der Waals surface area (Å²) in [6, 6.07) is 0.418. The van der Waals surface area contributed by atoms with Gasteiger partial charge in [-0.1, -0.05) is 0 Å². The first-order valence-electron chi connectivity index (χ1n) is 4.76. The van der Waals surface area contributed by atoms with Gasteiger partial charge < -0.3 is 15.8 Å². The van der Waals surface area contributed by atoms with E-state index in [1.165, 1.54) is 11.5 Å². The highest BCUT2D eigenvalue weighted by molar-refractivity contribution is 7.09. The second-order valence-electron chi connectivity index (χ2n) is 3.78. The van der Waals surface area contributed by atoms with Crippen LogP contribution in [-0.4, -0.2) is 34.2 Å². The summed E-state index contributed by atoms with van der Waals surface area (Å²) in [7, 11) is 0. The van der Waals surface area contributed by atoms with Gasteiger partial charge in [0.05, 0.1) is 12.1 Å². The lowest BCUT2D eigenvalue weighted by atomic mass is 9.72. The van der Waals surface area contributed by atoms with Crippen LogP contribution in [0.25, 0.3) is 0 Å². The quantitative estimate of drug-likeness (QED) is 0.725. The fourth-order valence-corrected chi connectivity index (χ4v) is 2.78. The van der Waals surface area contributed by atoms with E-state index in [-0.39, 0.29) is 18.2 Å². The third-order valence-corrected chi connectivity index (χ3v) is 3.69. The van der Waals surface area contributed by atoms with Crippen LogP contribution >= 0.6 is 11.5 Å². The number of hydrogen-bond acceptors (Lipinski definition) is 6. The molecule has 3 rings (SSSR count). The first-order chi connectivity index (χ1) is 6.86. The molecule has 1 aliphatic carbocycles. The maximum atomic E-state index is 6.04. The third kappa shape index (κ3) is 1.14. The van der Waals surface area contributed by atoms with Crippen molar-refractivity contribution in [2.45, 2.75) is 24.6 Å². The van der Waals surface area contributed by atoms with E-state index < -0.39 is 0 Å². The molecule has 4 unspecified atom stereocenters. The SMILES string of the molecule is NC1C2CCOC2C1Nc1ncns1. The van der Waals surface area contributed by atoms with E-state index in [0.29, 0.717) is 5.92 Å². The largest absolute Gasteiger partial charge is 0.376 e. The summed E-state index contributed by atoms with van der Waals surface area (Å²) in [6.07, 6.45) is 2.93. The van der Waals surface area contributed by atoms with E-state index in [9.17, 15) is 0 Å². The number of rotatable bonds is 2. The number of fused-ring (bicyclic) bond motifs is 1. The van der Waals surface area contributed by atoms with Gasteiger partial charge in [-0.2, -0.15) is 4.37 Å². The van der Waals surface area contributed by atoms with Crippen LogP contribution in [0.4, 0.5) is 5.13 Å². The van der Waals surface area contributed by atoms with E-state index in [1.54, 1.807) is 6.33 Å². The molecule has 0 amide bonds. The molecule has 0 bridgehead atoms. The number of nitrogens with zero attached hydrogens (tertiary/aromatic N) is 2. The van der Waals surface area contributed by atoms with Crippen LogP contribution in [0, 0.1) is 5.92 Å². The molecule has 0 radical (unpaired) electrons. The molecule has 6 heteroatoms. The van der Waals surface area contributed by atoms with Gasteiger partial charge in [-0.3, -0.25) is 0 Å². The summed E-state index contributed by atoms with van der Waals surface area (Å²) < 4.78 is 9.53. The Hall–Kier alpha value is -0.720. The van der Waals surface area contributed by atoms with E-state index in [1.807, 2.05) is 0 Å². The lowest BCUT2D eigenvalue weighted by Crippen LogP contribution is -2.65. The third-order valence-electron chi connectivity index (χ3n) is 3.10. The van der Waals surface area contributed by atoms with Gasteiger partial charge >= 0.3 is 0 Å². The summed E-state index contributed by atoms with van der Waals surface area (Å²) in [6.45, 7) is 0.845. The Labute approximate surface area is 85.8 Å². The summed E-state index contributed by atoms with van der Waals surface area (Å²) in [5, 5.41) is 4.11. The van der Waals surface area contributed by atoms with Gasteiger partial charge in [0.2, 0.25) is 5.13 Å². The average molecular weight is 212 g/mol. The molecule has 1 saturated carbocycles. The van der Waals surface area contributed by atoms with Crippen LogP contribution < -0.4 is 11.1 Å². The average Bonchev–Trinajstić information content (AvgIpc) is 2.83. The van der Waals surface area contributed by atoms with Crippen LogP contribution in [0.15, 0.2) is 6.33 Å². The molecule has 0 spiro atoms. The molecule has 0 aromatic carbocycles. The maximum Gasteiger partial charge on any atom is 0.202 e. The fraction of sp³-hybridized carbons (Fsp3) is 0.750. The predicted molar refractivity (Wildman–Crippen MR) is 53.1 cm³/mol. The van der Waals surface area contributed by atoms with Crippen molar-refractivity contribution in [1.82, 2.24) is 9.36 Å². The topological polar surface area (TPSA) is 73.1 Å². The minimum atomic E-state index is 0.200. The van der Waals surface area contributed by atoms with Crippen molar-refractivity contribution in [2.75, 3.05) is 11.9 Å². The second kappa shape index (κ2) is 3.15. The number of nitrogens with two attached hydrogens (primary N) is 1. The van der Waals surface area contributed by atoms with Crippen LogP contribution in [0.3, 0.4) is 0 Å². The van der Waals surface area contributed by atoms with Crippen molar-refractivity contribution in [3.05, 3.63) is 6.33 Å². The van der Waals surface area contributed by atoms with Crippen molar-refractivity contribution in [1.29, 1.82) is 0 Å². The summed E-state index contributed by atoms with van der Waals surface area (Å²) in [4.78, 5) is 4.07. The summed E-state index contributed by atoms with van der Waals surface area (Å²) >= 11 is 1.35. The monoisotopic (exact) mass is 212 g/mol. The van der Waals surface area contributed by atoms with Crippen molar-refractivity contribution >= 4 is 16.7 Å². The standard InChI is InChI=1S/C8H12N4OS/c9-5-4-1-2-13-7(4)6(5)12-8-10-3-11-14-8/h3-7H,1-2,9H2,(H,10,11,12). The van der Waals surface area contributed by atoms with Gasteiger partial charge in [0.25, 0.3) is 0 Å². The Morgan fingerprint density at radius 2 is 2.57 bits per heavy atom. The Kier molecular flexibility index (Phi) is 1.93. The highest BCUT2D eigenvalue weighted by Gasteiger charge is 2.52. The maximum absolute atomic E-state index is 6.04. The number of anilines is 1. The molecule has 2 fully saturated rings. The molecule has 1 aromatic rings. The number of nitrogens with one attached hydrogen (secondary N) is 1. The molecule has 14 heavy (non-hydrogen) atoms. The van der Waals surface area contributed by atoms with Gasteiger partial charge in [-0.05, 0) is 6.42 Å². The second-order valence-corrected chi connectivity index (χ2v) is 4.56.